The number of nitrogens with two attached hydrogens (primary N) is 1. The SMILES string of the molecule is CC1(N)CCN(c2cnc3c(=O)n(-c4cccc(Cl)c4Cl)c(=O)[nH]c3n2)CC1. The van der Waals surface area contributed by atoms with Gasteiger partial charge in [0, 0.05) is 18.6 Å². The van der Waals surface area contributed by atoms with Gasteiger partial charge in [-0.1, -0.05) is 29.3 Å². The Morgan fingerprint density at radius 3 is 2.64 bits per heavy atom. The summed E-state index contributed by atoms with van der Waals surface area (Å²) in [6.45, 7) is 3.48. The third-order valence-electron chi connectivity index (χ3n) is 5.00. The summed E-state index contributed by atoms with van der Waals surface area (Å²) in [7, 11) is 0. The van der Waals surface area contributed by atoms with Crippen LogP contribution in [0, 0.1) is 0 Å². The Bertz CT molecular complexity index is 1180. The number of fused-ring (bicyclic) bond motifs is 1. The van der Waals surface area contributed by atoms with E-state index in [0.717, 1.165) is 30.5 Å². The molecule has 0 atom stereocenters. The molecule has 10 heteroatoms. The summed E-state index contributed by atoms with van der Waals surface area (Å²) >= 11 is 12.2. The van der Waals surface area contributed by atoms with Gasteiger partial charge in [-0.05, 0) is 31.9 Å². The fourth-order valence-corrected chi connectivity index (χ4v) is 3.64. The number of anilines is 1. The van der Waals surface area contributed by atoms with Crippen molar-refractivity contribution < 1.29 is 0 Å². The highest BCUT2D eigenvalue weighted by atomic mass is 35.5. The molecule has 1 fully saturated rings. The Morgan fingerprint density at radius 1 is 1.21 bits per heavy atom. The smallest absolute Gasteiger partial charge is 0.334 e. The van der Waals surface area contributed by atoms with Crippen LogP contribution in [0.2, 0.25) is 10.0 Å². The maximum atomic E-state index is 12.9. The molecule has 146 valence electrons. The minimum absolute atomic E-state index is 0.0417. The molecule has 0 aliphatic carbocycles. The predicted molar refractivity (Wildman–Crippen MR) is 110 cm³/mol. The molecule has 1 aliphatic heterocycles. The van der Waals surface area contributed by atoms with Gasteiger partial charge in [-0.2, -0.15) is 0 Å². The molecule has 3 heterocycles. The third kappa shape index (κ3) is 3.28. The second-order valence-electron chi connectivity index (χ2n) is 7.21. The molecule has 0 bridgehead atoms. The molecule has 3 aromatic rings. The van der Waals surface area contributed by atoms with E-state index >= 15 is 0 Å². The number of aromatic amines is 1. The van der Waals surface area contributed by atoms with E-state index in [1.165, 1.54) is 12.3 Å². The molecule has 1 aliphatic rings. The Labute approximate surface area is 169 Å². The Hall–Kier alpha value is -2.42. The molecule has 8 nitrogen and oxygen atoms in total. The number of benzene rings is 1. The highest BCUT2D eigenvalue weighted by Gasteiger charge is 2.27. The van der Waals surface area contributed by atoms with Gasteiger partial charge in [-0.3, -0.25) is 9.78 Å². The highest BCUT2D eigenvalue weighted by Crippen LogP contribution is 2.27. The maximum absolute atomic E-state index is 12.9. The molecule has 0 spiro atoms. The molecule has 28 heavy (non-hydrogen) atoms. The number of hydrogen-bond donors (Lipinski definition) is 2. The quantitative estimate of drug-likeness (QED) is 0.656. The topological polar surface area (TPSA) is 110 Å². The maximum Gasteiger partial charge on any atom is 0.334 e. The first-order valence-electron chi connectivity index (χ1n) is 8.77. The summed E-state index contributed by atoms with van der Waals surface area (Å²) in [5.74, 6) is 0.594. The summed E-state index contributed by atoms with van der Waals surface area (Å²) in [4.78, 5) is 38.8. The van der Waals surface area contributed by atoms with Crippen LogP contribution in [0.3, 0.4) is 0 Å². The number of piperidine rings is 1. The molecule has 0 radical (unpaired) electrons. The minimum Gasteiger partial charge on any atom is -0.355 e. The van der Waals surface area contributed by atoms with Gasteiger partial charge in [0.2, 0.25) is 0 Å². The summed E-state index contributed by atoms with van der Waals surface area (Å²) in [6.07, 6.45) is 3.17. The predicted octanol–water partition coefficient (Wildman–Crippen LogP) is 2.09. The van der Waals surface area contributed by atoms with Gasteiger partial charge in [0.15, 0.2) is 11.2 Å². The van der Waals surface area contributed by atoms with Crippen LogP contribution in [0.25, 0.3) is 16.9 Å². The lowest BCUT2D eigenvalue weighted by Crippen LogP contribution is -2.48. The van der Waals surface area contributed by atoms with E-state index in [2.05, 4.69) is 15.0 Å². The zero-order valence-electron chi connectivity index (χ0n) is 15.1. The van der Waals surface area contributed by atoms with Crippen LogP contribution in [0.5, 0.6) is 0 Å². The van der Waals surface area contributed by atoms with Crippen LogP contribution in [0.4, 0.5) is 5.82 Å². The van der Waals surface area contributed by atoms with Gasteiger partial charge in [-0.25, -0.2) is 19.3 Å². The van der Waals surface area contributed by atoms with Crippen molar-refractivity contribution in [3.05, 3.63) is 55.3 Å². The van der Waals surface area contributed by atoms with Gasteiger partial charge < -0.3 is 10.6 Å². The first-order valence-corrected chi connectivity index (χ1v) is 9.53. The first kappa shape index (κ1) is 18.9. The average molecular weight is 421 g/mol. The third-order valence-corrected chi connectivity index (χ3v) is 5.80. The van der Waals surface area contributed by atoms with E-state index < -0.39 is 11.2 Å². The Morgan fingerprint density at radius 2 is 1.93 bits per heavy atom. The van der Waals surface area contributed by atoms with Crippen molar-refractivity contribution >= 4 is 40.2 Å². The van der Waals surface area contributed by atoms with E-state index in [4.69, 9.17) is 28.9 Å². The number of rotatable bonds is 2. The van der Waals surface area contributed by atoms with Crippen LogP contribution in [0.1, 0.15) is 19.8 Å². The van der Waals surface area contributed by atoms with E-state index in [1.807, 2.05) is 11.8 Å². The van der Waals surface area contributed by atoms with Crippen LogP contribution in [-0.4, -0.2) is 38.1 Å². The lowest BCUT2D eigenvalue weighted by Gasteiger charge is -2.37. The highest BCUT2D eigenvalue weighted by molar-refractivity contribution is 6.43. The normalized spacial score (nSPS) is 16.5. The van der Waals surface area contributed by atoms with Crippen LogP contribution in [0.15, 0.2) is 34.0 Å². The van der Waals surface area contributed by atoms with Crippen LogP contribution >= 0.6 is 23.2 Å². The molecule has 1 aromatic carbocycles. The number of H-pyrrole nitrogens is 1. The van der Waals surface area contributed by atoms with Gasteiger partial charge in [0.25, 0.3) is 5.56 Å². The number of aromatic nitrogens is 4. The lowest BCUT2D eigenvalue weighted by molar-refractivity contribution is 0.363. The minimum atomic E-state index is -0.665. The summed E-state index contributed by atoms with van der Waals surface area (Å²) in [6, 6.07) is 4.72. The molecule has 4 rings (SSSR count). The molecule has 0 saturated carbocycles. The standard InChI is InChI=1S/C18H18Cl2N6O2/c1-18(21)5-7-25(8-6-18)12-9-22-14-15(23-12)24-17(28)26(16(14)27)11-4-2-3-10(19)13(11)20/h2-4,9H,5-8,21H2,1H3,(H,23,24,28). The van der Waals surface area contributed by atoms with Gasteiger partial charge in [0.1, 0.15) is 5.82 Å². The van der Waals surface area contributed by atoms with E-state index in [0.29, 0.717) is 5.82 Å². The molecular weight excluding hydrogens is 403 g/mol. The fourth-order valence-electron chi connectivity index (χ4n) is 3.26. The zero-order chi connectivity index (χ0) is 20.1. The first-order chi connectivity index (χ1) is 13.3. The van der Waals surface area contributed by atoms with E-state index in [9.17, 15) is 9.59 Å². The molecule has 1 saturated heterocycles. The van der Waals surface area contributed by atoms with Gasteiger partial charge in [-0.15, -0.1) is 0 Å². The molecule has 2 aromatic heterocycles. The Kier molecular flexibility index (Phi) is 4.65. The summed E-state index contributed by atoms with van der Waals surface area (Å²) in [5.41, 5.74) is 5.05. The summed E-state index contributed by atoms with van der Waals surface area (Å²) < 4.78 is 0.908. The monoisotopic (exact) mass is 420 g/mol. The van der Waals surface area contributed by atoms with Crippen molar-refractivity contribution in [1.82, 2.24) is 19.5 Å². The number of halogens is 2. The zero-order valence-corrected chi connectivity index (χ0v) is 16.6. The number of nitrogens with zero attached hydrogens (tertiary/aromatic N) is 4. The van der Waals surface area contributed by atoms with Crippen molar-refractivity contribution in [1.29, 1.82) is 0 Å². The number of hydrogen-bond acceptors (Lipinski definition) is 6. The van der Waals surface area contributed by atoms with Crippen molar-refractivity contribution in [2.75, 3.05) is 18.0 Å². The van der Waals surface area contributed by atoms with Crippen LogP contribution < -0.4 is 21.9 Å². The Balaban J connectivity index is 1.80. The van der Waals surface area contributed by atoms with Crippen molar-refractivity contribution in [3.8, 4) is 5.69 Å². The molecule has 3 N–H and O–H groups in total. The average Bonchev–Trinajstić information content (AvgIpc) is 2.64. The largest absolute Gasteiger partial charge is 0.355 e. The van der Waals surface area contributed by atoms with Crippen molar-refractivity contribution in [2.45, 2.75) is 25.3 Å². The van der Waals surface area contributed by atoms with Gasteiger partial charge in [0.05, 0.1) is 21.9 Å². The van der Waals surface area contributed by atoms with Crippen molar-refractivity contribution in [2.24, 2.45) is 5.73 Å². The second-order valence-corrected chi connectivity index (χ2v) is 8.00. The summed E-state index contributed by atoms with van der Waals surface area (Å²) in [5, 5.41) is 0.350. The lowest BCUT2D eigenvalue weighted by atomic mass is 9.91. The number of nitrogens with one attached hydrogen (secondary N) is 1. The van der Waals surface area contributed by atoms with E-state index in [1.54, 1.807) is 12.1 Å². The van der Waals surface area contributed by atoms with E-state index in [-0.39, 0.29) is 32.4 Å². The fraction of sp³-hybridized carbons (Fsp3) is 0.333. The molecule has 0 amide bonds. The van der Waals surface area contributed by atoms with Crippen LogP contribution in [-0.2, 0) is 0 Å². The second kappa shape index (κ2) is 6.88. The van der Waals surface area contributed by atoms with Gasteiger partial charge >= 0.3 is 5.69 Å². The molecule has 0 unspecified atom stereocenters. The van der Waals surface area contributed by atoms with Crippen molar-refractivity contribution in [3.63, 3.8) is 0 Å². The molecular formula is C18H18Cl2N6O2.